The number of hydrogen-bond acceptors (Lipinski definition) is 4. The molecule has 1 rings (SSSR count). The van der Waals surface area contributed by atoms with Crippen LogP contribution in [0.15, 0.2) is 29.3 Å². The maximum absolute atomic E-state index is 12.2. The van der Waals surface area contributed by atoms with Crippen LogP contribution in [0.2, 0.25) is 0 Å². The lowest BCUT2D eigenvalue weighted by molar-refractivity contribution is -0.0498. The molecular formula is C16H26F2IN3O3S. The van der Waals surface area contributed by atoms with Gasteiger partial charge < -0.3 is 15.0 Å². The number of nitrogens with one attached hydrogen (secondary N) is 1. The van der Waals surface area contributed by atoms with Crippen molar-refractivity contribution in [3.8, 4) is 5.75 Å². The van der Waals surface area contributed by atoms with Crippen molar-refractivity contribution in [1.82, 2.24) is 10.2 Å². The van der Waals surface area contributed by atoms with E-state index in [1.165, 1.54) is 18.4 Å². The molecule has 10 heteroatoms. The second kappa shape index (κ2) is 12.3. The molecule has 0 heterocycles. The number of nitrogens with zero attached hydrogens (tertiary/aromatic N) is 2. The van der Waals surface area contributed by atoms with Gasteiger partial charge in [0.15, 0.2) is 5.96 Å². The average Bonchev–Trinajstić information content (AvgIpc) is 2.50. The molecule has 0 unspecified atom stereocenters. The molecule has 0 saturated heterocycles. The Balaban J connectivity index is 0.00000625. The van der Waals surface area contributed by atoms with E-state index in [0.717, 1.165) is 5.56 Å². The number of ether oxygens (including phenoxy) is 1. The van der Waals surface area contributed by atoms with E-state index >= 15 is 0 Å². The molecule has 150 valence electrons. The van der Waals surface area contributed by atoms with Gasteiger partial charge in [0.2, 0.25) is 0 Å². The van der Waals surface area contributed by atoms with E-state index in [9.17, 15) is 17.2 Å². The molecule has 0 saturated carbocycles. The third kappa shape index (κ3) is 10.7. The molecule has 0 aliphatic rings. The Labute approximate surface area is 170 Å². The predicted octanol–water partition coefficient (Wildman–Crippen LogP) is 2.74. The van der Waals surface area contributed by atoms with E-state index in [2.05, 4.69) is 15.0 Å². The first-order chi connectivity index (χ1) is 11.7. The zero-order valence-corrected chi connectivity index (χ0v) is 18.3. The fraction of sp³-hybridized carbons (Fsp3) is 0.562. The summed E-state index contributed by atoms with van der Waals surface area (Å²) in [5.41, 5.74) is 0.908. The number of benzene rings is 1. The van der Waals surface area contributed by atoms with Crippen LogP contribution in [-0.2, 0) is 16.4 Å². The van der Waals surface area contributed by atoms with Gasteiger partial charge in [0, 0.05) is 32.9 Å². The van der Waals surface area contributed by atoms with Crippen LogP contribution in [0.4, 0.5) is 8.78 Å². The molecule has 1 N–H and O–H groups in total. The van der Waals surface area contributed by atoms with Crippen molar-refractivity contribution >= 4 is 39.8 Å². The standard InChI is InChI=1S/C16H25F2N3O3S.HI/c1-4-19-16(20-10-5-11-25(3,22)23)21(2)12-13-6-8-14(9-7-13)24-15(17)18;/h6-9,15H,4-5,10-12H2,1-3H3,(H,19,20);1H. The Morgan fingerprint density at radius 3 is 2.42 bits per heavy atom. The number of aliphatic imine (C=N–C) groups is 1. The van der Waals surface area contributed by atoms with Gasteiger partial charge in [0.25, 0.3) is 0 Å². The van der Waals surface area contributed by atoms with Crippen molar-refractivity contribution in [1.29, 1.82) is 0 Å². The minimum atomic E-state index is -2.98. The predicted molar refractivity (Wildman–Crippen MR) is 110 cm³/mol. The lowest BCUT2D eigenvalue weighted by Crippen LogP contribution is -2.38. The summed E-state index contributed by atoms with van der Waals surface area (Å²) < 4.78 is 50.9. The fourth-order valence-electron chi connectivity index (χ4n) is 2.11. The molecule has 0 atom stereocenters. The number of guanidine groups is 1. The van der Waals surface area contributed by atoms with Crippen molar-refractivity contribution in [2.75, 3.05) is 32.1 Å². The van der Waals surface area contributed by atoms with Crippen molar-refractivity contribution in [2.45, 2.75) is 26.5 Å². The lowest BCUT2D eigenvalue weighted by Gasteiger charge is -2.22. The highest BCUT2D eigenvalue weighted by Gasteiger charge is 2.08. The molecule has 0 spiro atoms. The van der Waals surface area contributed by atoms with Crippen LogP contribution in [0.5, 0.6) is 5.75 Å². The molecular weight excluding hydrogens is 479 g/mol. The molecule has 0 aromatic heterocycles. The molecule has 0 bridgehead atoms. The number of alkyl halides is 2. The smallest absolute Gasteiger partial charge is 0.387 e. The Kier molecular flexibility index (Phi) is 11.7. The first-order valence-corrected chi connectivity index (χ1v) is 9.98. The quantitative estimate of drug-likeness (QED) is 0.242. The third-order valence-electron chi connectivity index (χ3n) is 3.20. The van der Waals surface area contributed by atoms with Crippen molar-refractivity contribution < 1.29 is 21.9 Å². The fourth-order valence-corrected chi connectivity index (χ4v) is 2.76. The van der Waals surface area contributed by atoms with Gasteiger partial charge in [-0.1, -0.05) is 12.1 Å². The summed E-state index contributed by atoms with van der Waals surface area (Å²) in [5, 5.41) is 3.14. The Morgan fingerprint density at radius 1 is 1.31 bits per heavy atom. The maximum atomic E-state index is 12.2. The van der Waals surface area contributed by atoms with E-state index < -0.39 is 16.4 Å². The molecule has 0 aliphatic heterocycles. The van der Waals surface area contributed by atoms with Crippen LogP contribution in [0.3, 0.4) is 0 Å². The minimum absolute atomic E-state index is 0. The van der Waals surface area contributed by atoms with E-state index in [4.69, 9.17) is 0 Å². The van der Waals surface area contributed by atoms with Gasteiger partial charge in [-0.05, 0) is 31.0 Å². The van der Waals surface area contributed by atoms with Crippen LogP contribution in [0.25, 0.3) is 0 Å². The number of rotatable bonds is 9. The molecule has 0 aliphatic carbocycles. The second-order valence-corrected chi connectivity index (χ2v) is 7.86. The van der Waals surface area contributed by atoms with Crippen molar-refractivity contribution in [2.24, 2.45) is 4.99 Å². The first-order valence-electron chi connectivity index (χ1n) is 7.92. The zero-order chi connectivity index (χ0) is 18.9. The van der Waals surface area contributed by atoms with Crippen LogP contribution < -0.4 is 10.1 Å². The van der Waals surface area contributed by atoms with Gasteiger partial charge in [-0.2, -0.15) is 8.78 Å². The number of hydrogen-bond donors (Lipinski definition) is 1. The molecule has 0 radical (unpaired) electrons. The summed E-state index contributed by atoms with van der Waals surface area (Å²) in [6.45, 7) is 0.702. The van der Waals surface area contributed by atoms with Gasteiger partial charge in [0.1, 0.15) is 15.6 Å². The van der Waals surface area contributed by atoms with Gasteiger partial charge in [-0.15, -0.1) is 24.0 Å². The van der Waals surface area contributed by atoms with E-state index in [1.807, 2.05) is 18.9 Å². The highest BCUT2D eigenvalue weighted by atomic mass is 127. The van der Waals surface area contributed by atoms with Gasteiger partial charge in [0.05, 0.1) is 5.75 Å². The Hall–Kier alpha value is -1.17. The largest absolute Gasteiger partial charge is 0.435 e. The monoisotopic (exact) mass is 505 g/mol. The summed E-state index contributed by atoms with van der Waals surface area (Å²) in [6, 6.07) is 6.40. The first kappa shape index (κ1) is 24.8. The molecule has 6 nitrogen and oxygen atoms in total. The second-order valence-electron chi connectivity index (χ2n) is 5.60. The SMILES string of the molecule is CCNC(=NCCCS(C)(=O)=O)N(C)Cc1ccc(OC(F)F)cc1.I. The summed E-state index contributed by atoms with van der Waals surface area (Å²) in [7, 11) is -1.14. The molecule has 26 heavy (non-hydrogen) atoms. The normalized spacial score (nSPS) is 11.8. The van der Waals surface area contributed by atoms with Crippen LogP contribution in [0.1, 0.15) is 18.9 Å². The lowest BCUT2D eigenvalue weighted by atomic mass is 10.2. The summed E-state index contributed by atoms with van der Waals surface area (Å²) in [6.07, 6.45) is 1.66. The minimum Gasteiger partial charge on any atom is -0.435 e. The van der Waals surface area contributed by atoms with Gasteiger partial charge >= 0.3 is 6.61 Å². The van der Waals surface area contributed by atoms with Gasteiger partial charge in [-0.25, -0.2) is 8.42 Å². The number of halogens is 3. The highest BCUT2D eigenvalue weighted by molar-refractivity contribution is 14.0. The highest BCUT2D eigenvalue weighted by Crippen LogP contribution is 2.15. The van der Waals surface area contributed by atoms with E-state index in [-0.39, 0.29) is 35.5 Å². The molecule has 1 aromatic rings. The molecule has 1 aromatic carbocycles. The summed E-state index contributed by atoms with van der Waals surface area (Å²) in [5.74, 6) is 0.872. The zero-order valence-electron chi connectivity index (χ0n) is 15.1. The van der Waals surface area contributed by atoms with Crippen LogP contribution in [-0.4, -0.2) is 58.0 Å². The van der Waals surface area contributed by atoms with Crippen molar-refractivity contribution in [3.63, 3.8) is 0 Å². The Bertz CT molecular complexity index is 655. The summed E-state index contributed by atoms with van der Waals surface area (Å²) in [4.78, 5) is 6.29. The van der Waals surface area contributed by atoms with Crippen LogP contribution >= 0.6 is 24.0 Å². The Morgan fingerprint density at radius 2 is 1.92 bits per heavy atom. The average molecular weight is 505 g/mol. The molecule has 0 amide bonds. The van der Waals surface area contributed by atoms with Gasteiger partial charge in [-0.3, -0.25) is 4.99 Å². The molecule has 0 fully saturated rings. The topological polar surface area (TPSA) is 71.0 Å². The van der Waals surface area contributed by atoms with Crippen LogP contribution in [0, 0.1) is 0 Å². The maximum Gasteiger partial charge on any atom is 0.387 e. The van der Waals surface area contributed by atoms with E-state index in [0.29, 0.717) is 32.0 Å². The van der Waals surface area contributed by atoms with E-state index in [1.54, 1.807) is 12.1 Å². The van der Waals surface area contributed by atoms with Crippen molar-refractivity contribution in [3.05, 3.63) is 29.8 Å². The third-order valence-corrected chi connectivity index (χ3v) is 4.23. The number of sulfone groups is 1. The summed E-state index contributed by atoms with van der Waals surface area (Å²) >= 11 is 0.